The fourth-order valence-corrected chi connectivity index (χ4v) is 4.90. The third kappa shape index (κ3) is 6.73. The van der Waals surface area contributed by atoms with Crippen LogP contribution in [0.5, 0.6) is 5.88 Å². The maximum absolute atomic E-state index is 13.9. The number of hydrogen-bond acceptors (Lipinski definition) is 9. The van der Waals surface area contributed by atoms with Crippen LogP contribution in [0.4, 0.5) is 4.39 Å². The van der Waals surface area contributed by atoms with Crippen LogP contribution in [0.15, 0.2) is 27.7 Å². The zero-order chi connectivity index (χ0) is 24.3. The van der Waals surface area contributed by atoms with Gasteiger partial charge in [0.25, 0.3) is 0 Å². The first-order valence-electron chi connectivity index (χ1n) is 11.8. The van der Waals surface area contributed by atoms with Crippen molar-refractivity contribution in [3.05, 3.63) is 30.0 Å². The quantitative estimate of drug-likeness (QED) is 0.543. The Kier molecular flexibility index (Phi) is 7.54. The topological polar surface area (TPSA) is 108 Å². The maximum Gasteiger partial charge on any atom is 0.240 e. The van der Waals surface area contributed by atoms with E-state index in [0.717, 1.165) is 57.9 Å². The molecule has 1 aliphatic heterocycles. The molecule has 2 aromatic rings. The number of piperidine rings is 1. The molecule has 0 N–H and O–H groups in total. The van der Waals surface area contributed by atoms with Crippen molar-refractivity contribution in [3.63, 3.8) is 0 Å². The van der Waals surface area contributed by atoms with Gasteiger partial charge in [-0.3, -0.25) is 4.90 Å². The van der Waals surface area contributed by atoms with Gasteiger partial charge in [0, 0.05) is 31.6 Å². The summed E-state index contributed by atoms with van der Waals surface area (Å²) in [6.07, 6.45) is 8.49. The number of rotatable bonds is 8. The lowest BCUT2D eigenvalue weighted by Gasteiger charge is -2.35. The molecule has 1 saturated carbocycles. The van der Waals surface area contributed by atoms with Gasteiger partial charge in [0.1, 0.15) is 6.10 Å². The van der Waals surface area contributed by atoms with E-state index in [1.807, 2.05) is 0 Å². The molecule has 1 aliphatic carbocycles. The minimum atomic E-state index is -3.26. The molecule has 3 heterocycles. The highest BCUT2D eigenvalue weighted by Gasteiger charge is 2.29. The Labute approximate surface area is 199 Å². The van der Waals surface area contributed by atoms with Crippen LogP contribution in [-0.2, 0) is 26.8 Å². The Hall–Kier alpha value is -2.11. The van der Waals surface area contributed by atoms with E-state index >= 15 is 0 Å². The number of alkyl halides is 1. The highest BCUT2D eigenvalue weighted by atomic mass is 32.2. The molecule has 0 amide bonds. The minimum absolute atomic E-state index is 0.0619. The SMILES string of the molecule is CC(C)(F)c1noc(CN2CCC(OC3CCC(Oc4ccc(S(C)(=O)=O)cn4)CC3)CC2)n1. The van der Waals surface area contributed by atoms with E-state index in [1.165, 1.54) is 26.1 Å². The van der Waals surface area contributed by atoms with Gasteiger partial charge in [-0.25, -0.2) is 17.8 Å². The number of halogens is 1. The van der Waals surface area contributed by atoms with E-state index < -0.39 is 15.5 Å². The summed E-state index contributed by atoms with van der Waals surface area (Å²) in [5, 5.41) is 3.74. The van der Waals surface area contributed by atoms with Gasteiger partial charge in [0.15, 0.2) is 15.5 Å². The van der Waals surface area contributed by atoms with Crippen molar-refractivity contribution >= 4 is 9.84 Å². The van der Waals surface area contributed by atoms with Crippen LogP contribution in [0.1, 0.15) is 64.1 Å². The van der Waals surface area contributed by atoms with Crippen LogP contribution in [0.25, 0.3) is 0 Å². The fourth-order valence-electron chi connectivity index (χ4n) is 4.34. The summed E-state index contributed by atoms with van der Waals surface area (Å²) in [4.78, 5) is 10.7. The summed E-state index contributed by atoms with van der Waals surface area (Å²) < 4.78 is 54.5. The number of sulfone groups is 1. The molecule has 0 bridgehead atoms. The van der Waals surface area contributed by atoms with Crippen molar-refractivity contribution in [1.82, 2.24) is 20.0 Å². The molecular weight excluding hydrogens is 463 g/mol. The van der Waals surface area contributed by atoms with Crippen LogP contribution >= 0.6 is 0 Å². The second kappa shape index (κ2) is 10.2. The number of hydrogen-bond donors (Lipinski definition) is 0. The second-order valence-electron chi connectivity index (χ2n) is 9.72. The summed E-state index contributed by atoms with van der Waals surface area (Å²) in [5.41, 5.74) is -1.61. The monoisotopic (exact) mass is 496 g/mol. The highest BCUT2D eigenvalue weighted by molar-refractivity contribution is 7.90. The molecule has 2 fully saturated rings. The first kappa shape index (κ1) is 25.0. The lowest BCUT2D eigenvalue weighted by molar-refractivity contribution is -0.0679. The van der Waals surface area contributed by atoms with Crippen molar-refractivity contribution in [3.8, 4) is 5.88 Å². The molecule has 34 heavy (non-hydrogen) atoms. The fraction of sp³-hybridized carbons (Fsp3) is 0.696. The molecule has 4 rings (SSSR count). The van der Waals surface area contributed by atoms with E-state index in [1.54, 1.807) is 6.07 Å². The Bertz CT molecular complexity index is 1040. The lowest BCUT2D eigenvalue weighted by atomic mass is 9.94. The van der Waals surface area contributed by atoms with Gasteiger partial charge in [-0.15, -0.1) is 0 Å². The molecule has 0 unspecified atom stereocenters. The van der Waals surface area contributed by atoms with Crippen LogP contribution in [-0.4, -0.2) is 66.1 Å². The number of ether oxygens (including phenoxy) is 2. The number of aromatic nitrogens is 3. The normalized spacial score (nSPS) is 23.2. The molecular formula is C23H33FN4O5S. The summed E-state index contributed by atoms with van der Waals surface area (Å²) in [7, 11) is -3.26. The summed E-state index contributed by atoms with van der Waals surface area (Å²) in [5.74, 6) is 0.980. The van der Waals surface area contributed by atoms with E-state index in [4.69, 9.17) is 14.0 Å². The molecule has 2 aromatic heterocycles. The molecule has 188 valence electrons. The molecule has 0 aromatic carbocycles. The van der Waals surface area contributed by atoms with Gasteiger partial charge in [0.2, 0.25) is 17.6 Å². The van der Waals surface area contributed by atoms with Crippen molar-refractivity contribution in [2.75, 3.05) is 19.3 Å². The average molecular weight is 497 g/mol. The van der Waals surface area contributed by atoms with Gasteiger partial charge >= 0.3 is 0 Å². The molecule has 0 atom stereocenters. The highest BCUT2D eigenvalue weighted by Crippen LogP contribution is 2.28. The van der Waals surface area contributed by atoms with E-state index in [2.05, 4.69) is 20.0 Å². The van der Waals surface area contributed by atoms with Gasteiger partial charge < -0.3 is 14.0 Å². The summed E-state index contributed by atoms with van der Waals surface area (Å²) >= 11 is 0. The van der Waals surface area contributed by atoms with Crippen LogP contribution < -0.4 is 4.74 Å². The number of likely N-dealkylation sites (tertiary alicyclic amines) is 1. The third-order valence-electron chi connectivity index (χ3n) is 6.32. The molecule has 1 saturated heterocycles. The maximum atomic E-state index is 13.9. The predicted octanol–water partition coefficient (Wildman–Crippen LogP) is 3.44. The molecule has 0 spiro atoms. The van der Waals surface area contributed by atoms with E-state index in [0.29, 0.717) is 18.3 Å². The Balaban J connectivity index is 1.16. The van der Waals surface area contributed by atoms with Gasteiger partial charge in [0.05, 0.1) is 23.6 Å². The average Bonchev–Trinajstić information content (AvgIpc) is 3.25. The lowest BCUT2D eigenvalue weighted by Crippen LogP contribution is -2.39. The predicted molar refractivity (Wildman–Crippen MR) is 122 cm³/mol. The zero-order valence-corrected chi connectivity index (χ0v) is 20.8. The van der Waals surface area contributed by atoms with Crippen molar-refractivity contribution in [1.29, 1.82) is 0 Å². The molecule has 0 radical (unpaired) electrons. The summed E-state index contributed by atoms with van der Waals surface area (Å²) in [6, 6.07) is 3.14. The standard InChI is InChI=1S/C23H33FN4O5S/c1-23(2,24)22-26-21(33-27-22)15-28-12-10-18(11-13-28)31-16-4-6-17(7-5-16)32-20-9-8-19(14-25-20)34(3,29)30/h8-9,14,16-18H,4-7,10-13,15H2,1-3H3. The minimum Gasteiger partial charge on any atom is -0.474 e. The van der Waals surface area contributed by atoms with Crippen LogP contribution in [0.3, 0.4) is 0 Å². The van der Waals surface area contributed by atoms with Crippen LogP contribution in [0.2, 0.25) is 0 Å². The van der Waals surface area contributed by atoms with Crippen molar-refractivity contribution in [2.45, 2.75) is 87.8 Å². The van der Waals surface area contributed by atoms with Gasteiger partial charge in [-0.05, 0) is 58.4 Å². The van der Waals surface area contributed by atoms with Crippen LogP contribution in [0, 0.1) is 0 Å². The zero-order valence-electron chi connectivity index (χ0n) is 19.9. The molecule has 9 nitrogen and oxygen atoms in total. The molecule has 2 aliphatic rings. The second-order valence-corrected chi connectivity index (χ2v) is 11.7. The van der Waals surface area contributed by atoms with Crippen molar-refractivity contribution in [2.24, 2.45) is 0 Å². The van der Waals surface area contributed by atoms with Gasteiger partial charge in [-0.1, -0.05) is 5.16 Å². The number of pyridine rings is 1. The molecule has 11 heteroatoms. The van der Waals surface area contributed by atoms with Crippen molar-refractivity contribution < 1.29 is 26.8 Å². The van der Waals surface area contributed by atoms with E-state index in [-0.39, 0.29) is 29.0 Å². The Morgan fingerprint density at radius 2 is 1.74 bits per heavy atom. The first-order chi connectivity index (χ1) is 16.1. The largest absolute Gasteiger partial charge is 0.474 e. The van der Waals surface area contributed by atoms with E-state index in [9.17, 15) is 12.8 Å². The third-order valence-corrected chi connectivity index (χ3v) is 7.42. The smallest absolute Gasteiger partial charge is 0.240 e. The first-order valence-corrected chi connectivity index (χ1v) is 13.7. The van der Waals surface area contributed by atoms with Gasteiger partial charge in [-0.2, -0.15) is 4.98 Å². The Morgan fingerprint density at radius 1 is 1.09 bits per heavy atom. The summed E-state index contributed by atoms with van der Waals surface area (Å²) in [6.45, 7) is 5.10. The number of nitrogens with zero attached hydrogens (tertiary/aromatic N) is 4. The Morgan fingerprint density at radius 3 is 2.29 bits per heavy atom.